The molecular weight excluding hydrogens is 432 g/mol. The van der Waals surface area contributed by atoms with Gasteiger partial charge in [-0.05, 0) is 50.3 Å². The van der Waals surface area contributed by atoms with Gasteiger partial charge in [0, 0.05) is 19.1 Å². The molecule has 3 rings (SSSR count). The van der Waals surface area contributed by atoms with E-state index in [2.05, 4.69) is 19.2 Å². The van der Waals surface area contributed by atoms with Crippen LogP contribution in [0.3, 0.4) is 0 Å². The van der Waals surface area contributed by atoms with E-state index in [1.54, 1.807) is 0 Å². The monoisotopic (exact) mass is 466 g/mol. The van der Waals surface area contributed by atoms with Gasteiger partial charge < -0.3 is 14.8 Å². The summed E-state index contributed by atoms with van der Waals surface area (Å²) in [4.78, 5) is 24.8. The lowest BCUT2D eigenvalue weighted by atomic mass is 9.78. The molecule has 0 unspecified atom stereocenters. The van der Waals surface area contributed by atoms with Crippen molar-refractivity contribution >= 4 is 21.9 Å². The third-order valence-electron chi connectivity index (χ3n) is 6.48. The van der Waals surface area contributed by atoms with Gasteiger partial charge in [0.15, 0.2) is 6.61 Å². The molecule has 1 N–H and O–H groups in total. The topological polar surface area (TPSA) is 102 Å². The lowest BCUT2D eigenvalue weighted by molar-refractivity contribution is -0.125. The second-order valence-electron chi connectivity index (χ2n) is 9.12. The minimum atomic E-state index is -3.78. The van der Waals surface area contributed by atoms with Crippen LogP contribution in [0.5, 0.6) is 0 Å². The average Bonchev–Trinajstić information content (AvgIpc) is 2.74. The predicted octanol–water partition coefficient (Wildman–Crippen LogP) is 2.58. The molecule has 178 valence electrons. The zero-order valence-electron chi connectivity index (χ0n) is 19.2. The molecule has 0 bridgehead atoms. The van der Waals surface area contributed by atoms with Gasteiger partial charge >= 0.3 is 5.97 Å². The molecule has 1 saturated heterocycles. The Bertz CT molecular complexity index is 924. The van der Waals surface area contributed by atoms with Crippen molar-refractivity contribution in [2.45, 2.75) is 70.1 Å². The first-order valence-corrected chi connectivity index (χ1v) is 12.7. The molecular formula is C23H34N2O6S. The highest BCUT2D eigenvalue weighted by atomic mass is 32.2. The van der Waals surface area contributed by atoms with Gasteiger partial charge in [0.05, 0.1) is 22.7 Å². The van der Waals surface area contributed by atoms with Crippen molar-refractivity contribution in [2.24, 2.45) is 11.8 Å². The number of hydrogen-bond donors (Lipinski definition) is 1. The second kappa shape index (κ2) is 10.3. The van der Waals surface area contributed by atoms with E-state index in [0.717, 1.165) is 19.3 Å². The zero-order valence-corrected chi connectivity index (χ0v) is 20.1. The number of sulfonamides is 1. The number of ether oxygens (including phenoxy) is 2. The number of esters is 1. The molecule has 8 nitrogen and oxygen atoms in total. The number of benzene rings is 1. The van der Waals surface area contributed by atoms with Gasteiger partial charge in [-0.1, -0.05) is 32.8 Å². The van der Waals surface area contributed by atoms with Crippen LogP contribution >= 0.6 is 0 Å². The highest BCUT2D eigenvalue weighted by Gasteiger charge is 2.33. The molecule has 0 spiro atoms. The van der Waals surface area contributed by atoms with E-state index < -0.39 is 22.6 Å². The summed E-state index contributed by atoms with van der Waals surface area (Å²) in [6.45, 7) is 8.06. The van der Waals surface area contributed by atoms with E-state index in [0.29, 0.717) is 11.8 Å². The Labute approximate surface area is 190 Å². The number of nitrogens with zero attached hydrogens (tertiary/aromatic N) is 1. The molecule has 1 amide bonds. The summed E-state index contributed by atoms with van der Waals surface area (Å²) < 4.78 is 38.2. The van der Waals surface area contributed by atoms with Crippen LogP contribution in [-0.2, 0) is 24.3 Å². The predicted molar refractivity (Wildman–Crippen MR) is 120 cm³/mol. The number of carbonyl (C=O) groups is 2. The average molecular weight is 467 g/mol. The molecule has 1 aromatic rings. The quantitative estimate of drug-likeness (QED) is 0.647. The number of hydrogen-bond acceptors (Lipinski definition) is 6. The van der Waals surface area contributed by atoms with Gasteiger partial charge in [0.2, 0.25) is 10.0 Å². The Hall–Kier alpha value is -1.97. The minimum absolute atomic E-state index is 0.0164. The zero-order chi connectivity index (χ0) is 23.5. The van der Waals surface area contributed by atoms with E-state index in [-0.39, 0.29) is 47.7 Å². The van der Waals surface area contributed by atoms with Crippen molar-refractivity contribution in [1.82, 2.24) is 9.62 Å². The maximum Gasteiger partial charge on any atom is 0.338 e. The maximum absolute atomic E-state index is 13.1. The highest BCUT2D eigenvalue weighted by Crippen LogP contribution is 2.29. The second-order valence-corrected chi connectivity index (χ2v) is 11.1. The van der Waals surface area contributed by atoms with Crippen molar-refractivity contribution in [3.8, 4) is 0 Å². The minimum Gasteiger partial charge on any atom is -0.452 e. The summed E-state index contributed by atoms with van der Waals surface area (Å²) in [5.41, 5.74) is 0.0906. The van der Waals surface area contributed by atoms with E-state index in [9.17, 15) is 18.0 Å². The van der Waals surface area contributed by atoms with Crippen LogP contribution in [-0.4, -0.2) is 62.5 Å². The Balaban J connectivity index is 1.61. The lowest BCUT2D eigenvalue weighted by Crippen LogP contribution is -2.48. The fourth-order valence-corrected chi connectivity index (χ4v) is 6.15. The molecule has 0 aromatic heterocycles. The van der Waals surface area contributed by atoms with Crippen LogP contribution in [0.1, 0.15) is 57.3 Å². The highest BCUT2D eigenvalue weighted by molar-refractivity contribution is 7.89. The molecule has 1 saturated carbocycles. The summed E-state index contributed by atoms with van der Waals surface area (Å²) in [5, 5.41) is 2.96. The smallest absolute Gasteiger partial charge is 0.338 e. The fourth-order valence-electron chi connectivity index (χ4n) is 4.51. The molecule has 1 aliphatic heterocycles. The number of rotatable bonds is 6. The van der Waals surface area contributed by atoms with Crippen LogP contribution in [0.4, 0.5) is 0 Å². The van der Waals surface area contributed by atoms with Gasteiger partial charge in [0.25, 0.3) is 5.91 Å². The van der Waals surface area contributed by atoms with E-state index in [4.69, 9.17) is 9.47 Å². The van der Waals surface area contributed by atoms with E-state index in [1.807, 2.05) is 13.8 Å². The third-order valence-corrected chi connectivity index (χ3v) is 8.31. The Morgan fingerprint density at radius 2 is 1.81 bits per heavy atom. The van der Waals surface area contributed by atoms with E-state index >= 15 is 0 Å². The normalized spacial score (nSPS) is 29.3. The molecule has 0 radical (unpaired) electrons. The standard InChI is InChI=1S/C23H34N2O6S/c1-15-7-5-10-21(18(15)4)24-22(26)14-30-23(27)19-8-6-9-20(11-19)32(28,29)25-12-16(2)31-17(3)13-25/h6,8-9,11,15-18,21H,5,7,10,12-14H2,1-4H3,(H,24,26)/t15-,16-,17+,18+,21-/m0/s1. The first-order chi connectivity index (χ1) is 15.1. The van der Waals surface area contributed by atoms with Crippen molar-refractivity contribution < 1.29 is 27.5 Å². The van der Waals surface area contributed by atoms with Crippen LogP contribution in [0.25, 0.3) is 0 Å². The summed E-state index contributed by atoms with van der Waals surface area (Å²) >= 11 is 0. The molecule has 1 aliphatic carbocycles. The van der Waals surface area contributed by atoms with Crippen molar-refractivity contribution in [3.05, 3.63) is 29.8 Å². The van der Waals surface area contributed by atoms with Gasteiger partial charge in [-0.2, -0.15) is 4.31 Å². The van der Waals surface area contributed by atoms with Crippen LogP contribution < -0.4 is 5.32 Å². The molecule has 1 heterocycles. The van der Waals surface area contributed by atoms with Gasteiger partial charge in [0.1, 0.15) is 0 Å². The van der Waals surface area contributed by atoms with Crippen LogP contribution in [0, 0.1) is 11.8 Å². The third kappa shape index (κ3) is 5.88. The maximum atomic E-state index is 13.1. The van der Waals surface area contributed by atoms with Crippen LogP contribution in [0.15, 0.2) is 29.2 Å². The first kappa shape index (κ1) is 24.7. The Morgan fingerprint density at radius 1 is 1.12 bits per heavy atom. The molecule has 9 heteroatoms. The number of nitrogens with one attached hydrogen (secondary N) is 1. The van der Waals surface area contributed by atoms with Crippen molar-refractivity contribution in [3.63, 3.8) is 0 Å². The fraction of sp³-hybridized carbons (Fsp3) is 0.652. The van der Waals surface area contributed by atoms with Crippen LogP contribution in [0.2, 0.25) is 0 Å². The molecule has 2 fully saturated rings. The number of morpholine rings is 1. The van der Waals surface area contributed by atoms with Gasteiger partial charge in [-0.15, -0.1) is 0 Å². The Kier molecular flexibility index (Phi) is 7.95. The molecule has 32 heavy (non-hydrogen) atoms. The lowest BCUT2D eigenvalue weighted by Gasteiger charge is -2.34. The largest absolute Gasteiger partial charge is 0.452 e. The number of amides is 1. The molecule has 1 aromatic carbocycles. The molecule has 2 aliphatic rings. The van der Waals surface area contributed by atoms with Crippen molar-refractivity contribution in [1.29, 1.82) is 0 Å². The van der Waals surface area contributed by atoms with Gasteiger partial charge in [-0.25, -0.2) is 13.2 Å². The summed E-state index contributed by atoms with van der Waals surface area (Å²) in [6.07, 6.45) is 2.72. The summed E-state index contributed by atoms with van der Waals surface area (Å²) in [6, 6.07) is 5.81. The first-order valence-electron chi connectivity index (χ1n) is 11.3. The van der Waals surface area contributed by atoms with E-state index in [1.165, 1.54) is 28.6 Å². The van der Waals surface area contributed by atoms with Gasteiger partial charge in [-0.3, -0.25) is 4.79 Å². The summed E-state index contributed by atoms with van der Waals surface area (Å²) in [7, 11) is -3.78. The van der Waals surface area contributed by atoms with Crippen molar-refractivity contribution in [2.75, 3.05) is 19.7 Å². The summed E-state index contributed by atoms with van der Waals surface area (Å²) in [5.74, 6) is -0.162. The Morgan fingerprint density at radius 3 is 2.50 bits per heavy atom. The SMILES string of the molecule is C[C@H]1[C@@H](NC(=O)COC(=O)c2cccc(S(=O)(=O)N3C[C@@H](C)O[C@@H](C)C3)c2)CCC[C@@H]1C. The number of carbonyl (C=O) groups excluding carboxylic acids is 2. The molecule has 5 atom stereocenters.